The second-order valence-corrected chi connectivity index (χ2v) is 3.75. The quantitative estimate of drug-likeness (QED) is 0.720. The normalized spacial score (nSPS) is 12.8. The van der Waals surface area contributed by atoms with E-state index in [1.54, 1.807) is 0 Å². The van der Waals surface area contributed by atoms with Crippen molar-refractivity contribution in [3.8, 4) is 0 Å². The van der Waals surface area contributed by atoms with Crippen LogP contribution in [0, 0.1) is 6.92 Å². The van der Waals surface area contributed by atoms with E-state index in [2.05, 4.69) is 25.2 Å². The number of benzene rings is 1. The highest BCUT2D eigenvalue weighted by atomic mass is 14.9. The second kappa shape index (κ2) is 5.01. The number of nitrogens with one attached hydrogen (secondary N) is 1. The Hall–Kier alpha value is -1.02. The first-order chi connectivity index (χ1) is 6.69. The lowest BCUT2D eigenvalue weighted by Crippen LogP contribution is -2.17. The summed E-state index contributed by atoms with van der Waals surface area (Å²) in [6.07, 6.45) is 2.36. The Balaban J connectivity index is 2.92. The van der Waals surface area contributed by atoms with Crippen molar-refractivity contribution < 1.29 is 0 Å². The zero-order chi connectivity index (χ0) is 10.6. The Bertz CT molecular complexity index is 294. The Morgan fingerprint density at radius 3 is 2.64 bits per heavy atom. The average Bonchev–Trinajstić information content (AvgIpc) is 2.15. The van der Waals surface area contributed by atoms with Crippen molar-refractivity contribution in [3.63, 3.8) is 0 Å². The lowest BCUT2D eigenvalue weighted by molar-refractivity contribution is 0.539. The van der Waals surface area contributed by atoms with Crippen LogP contribution < -0.4 is 11.1 Å². The summed E-state index contributed by atoms with van der Waals surface area (Å²) in [7, 11) is 2.01. The molecule has 3 N–H and O–H groups in total. The monoisotopic (exact) mass is 192 g/mol. The highest BCUT2D eigenvalue weighted by molar-refractivity contribution is 5.45. The molecule has 0 fully saturated rings. The fourth-order valence-electron chi connectivity index (χ4n) is 1.83. The van der Waals surface area contributed by atoms with Crippen LogP contribution in [0.1, 0.15) is 36.9 Å². The number of anilines is 1. The van der Waals surface area contributed by atoms with Gasteiger partial charge in [-0.1, -0.05) is 19.4 Å². The smallest absolute Gasteiger partial charge is 0.0320 e. The van der Waals surface area contributed by atoms with Crippen LogP contribution in [0.5, 0.6) is 0 Å². The Morgan fingerprint density at radius 1 is 1.43 bits per heavy atom. The molecular formula is C12H20N2. The molecule has 1 aromatic rings. The molecule has 1 aromatic carbocycles. The summed E-state index contributed by atoms with van der Waals surface area (Å²) in [5, 5.41) is 3.34. The molecule has 0 radical (unpaired) electrons. The first kappa shape index (κ1) is 11.1. The van der Waals surface area contributed by atoms with Crippen LogP contribution in [0.25, 0.3) is 0 Å². The van der Waals surface area contributed by atoms with Crippen LogP contribution in [0.15, 0.2) is 18.2 Å². The molecule has 0 saturated carbocycles. The van der Waals surface area contributed by atoms with E-state index in [0.717, 1.165) is 5.69 Å². The molecule has 0 saturated heterocycles. The van der Waals surface area contributed by atoms with Crippen LogP contribution >= 0.6 is 0 Å². The molecule has 0 aliphatic rings. The van der Waals surface area contributed by atoms with Gasteiger partial charge in [-0.15, -0.1) is 0 Å². The van der Waals surface area contributed by atoms with Gasteiger partial charge in [0.05, 0.1) is 0 Å². The largest absolute Gasteiger partial charge is 0.399 e. The van der Waals surface area contributed by atoms with Gasteiger partial charge in [0.1, 0.15) is 0 Å². The van der Waals surface area contributed by atoms with Crippen LogP contribution in [-0.2, 0) is 0 Å². The van der Waals surface area contributed by atoms with Gasteiger partial charge in [0.25, 0.3) is 0 Å². The first-order valence-corrected chi connectivity index (χ1v) is 5.22. The minimum Gasteiger partial charge on any atom is -0.399 e. The number of hydrogen-bond acceptors (Lipinski definition) is 2. The van der Waals surface area contributed by atoms with Crippen LogP contribution in [0.4, 0.5) is 5.69 Å². The molecule has 1 unspecified atom stereocenters. The van der Waals surface area contributed by atoms with Crippen molar-refractivity contribution >= 4 is 5.69 Å². The molecule has 78 valence electrons. The van der Waals surface area contributed by atoms with Crippen molar-refractivity contribution in [2.45, 2.75) is 32.7 Å². The lowest BCUT2D eigenvalue weighted by Gasteiger charge is -2.18. The van der Waals surface area contributed by atoms with Gasteiger partial charge in [0, 0.05) is 11.7 Å². The van der Waals surface area contributed by atoms with E-state index >= 15 is 0 Å². The molecule has 1 atom stereocenters. The topological polar surface area (TPSA) is 38.0 Å². The van der Waals surface area contributed by atoms with Crippen LogP contribution in [0.3, 0.4) is 0 Å². The maximum atomic E-state index is 5.72. The molecule has 0 aliphatic heterocycles. The van der Waals surface area contributed by atoms with Crippen molar-refractivity contribution in [1.29, 1.82) is 0 Å². The highest BCUT2D eigenvalue weighted by Gasteiger charge is 2.10. The van der Waals surface area contributed by atoms with E-state index in [0.29, 0.717) is 6.04 Å². The maximum Gasteiger partial charge on any atom is 0.0320 e. The highest BCUT2D eigenvalue weighted by Crippen LogP contribution is 2.23. The van der Waals surface area contributed by atoms with E-state index in [1.165, 1.54) is 24.0 Å². The van der Waals surface area contributed by atoms with Gasteiger partial charge in [-0.3, -0.25) is 0 Å². The van der Waals surface area contributed by atoms with E-state index in [4.69, 9.17) is 5.73 Å². The third kappa shape index (κ3) is 2.48. The summed E-state index contributed by atoms with van der Waals surface area (Å²) in [5.41, 5.74) is 9.21. The zero-order valence-electron chi connectivity index (χ0n) is 9.30. The predicted molar refractivity (Wildman–Crippen MR) is 62.3 cm³/mol. The van der Waals surface area contributed by atoms with E-state index in [9.17, 15) is 0 Å². The van der Waals surface area contributed by atoms with Gasteiger partial charge in [-0.2, -0.15) is 0 Å². The molecular weight excluding hydrogens is 172 g/mol. The third-order valence-corrected chi connectivity index (χ3v) is 2.60. The summed E-state index contributed by atoms with van der Waals surface area (Å²) >= 11 is 0. The Morgan fingerprint density at radius 2 is 2.14 bits per heavy atom. The van der Waals surface area contributed by atoms with E-state index in [1.807, 2.05) is 19.2 Å². The molecule has 0 aromatic heterocycles. The van der Waals surface area contributed by atoms with Gasteiger partial charge in [-0.05, 0) is 43.7 Å². The van der Waals surface area contributed by atoms with Gasteiger partial charge < -0.3 is 11.1 Å². The standard InChI is InChI=1S/C12H20N2/c1-4-5-12(14-3)11-7-6-10(13)8-9(11)2/h6-8,12,14H,4-5,13H2,1-3H3. The molecule has 0 spiro atoms. The molecule has 2 heteroatoms. The van der Waals surface area contributed by atoms with Crippen LogP contribution in [0.2, 0.25) is 0 Å². The first-order valence-electron chi connectivity index (χ1n) is 5.22. The third-order valence-electron chi connectivity index (χ3n) is 2.60. The van der Waals surface area contributed by atoms with Crippen molar-refractivity contribution in [2.24, 2.45) is 0 Å². The average molecular weight is 192 g/mol. The van der Waals surface area contributed by atoms with Gasteiger partial charge in [0.2, 0.25) is 0 Å². The Kier molecular flexibility index (Phi) is 3.96. The van der Waals surface area contributed by atoms with Crippen LogP contribution in [-0.4, -0.2) is 7.05 Å². The molecule has 14 heavy (non-hydrogen) atoms. The predicted octanol–water partition coefficient (Wildman–Crippen LogP) is 2.64. The summed E-state index contributed by atoms with van der Waals surface area (Å²) in [4.78, 5) is 0. The number of hydrogen-bond donors (Lipinski definition) is 2. The number of aryl methyl sites for hydroxylation is 1. The minimum atomic E-state index is 0.459. The summed E-state index contributed by atoms with van der Waals surface area (Å²) < 4.78 is 0. The van der Waals surface area contributed by atoms with E-state index in [-0.39, 0.29) is 0 Å². The molecule has 1 rings (SSSR count). The van der Waals surface area contributed by atoms with Gasteiger partial charge in [0.15, 0.2) is 0 Å². The SMILES string of the molecule is CCCC(NC)c1ccc(N)cc1C. The second-order valence-electron chi connectivity index (χ2n) is 3.75. The van der Waals surface area contributed by atoms with Crippen molar-refractivity contribution in [2.75, 3.05) is 12.8 Å². The molecule has 0 amide bonds. The summed E-state index contributed by atoms with van der Waals surface area (Å²) in [6.45, 7) is 4.32. The Labute approximate surface area is 86.5 Å². The molecule has 2 nitrogen and oxygen atoms in total. The maximum absolute atomic E-state index is 5.72. The van der Waals surface area contributed by atoms with Gasteiger partial charge in [-0.25, -0.2) is 0 Å². The molecule has 0 aliphatic carbocycles. The van der Waals surface area contributed by atoms with Gasteiger partial charge >= 0.3 is 0 Å². The lowest BCUT2D eigenvalue weighted by atomic mass is 9.97. The fraction of sp³-hybridized carbons (Fsp3) is 0.500. The zero-order valence-corrected chi connectivity index (χ0v) is 9.30. The summed E-state index contributed by atoms with van der Waals surface area (Å²) in [5.74, 6) is 0. The minimum absolute atomic E-state index is 0.459. The fourth-order valence-corrected chi connectivity index (χ4v) is 1.83. The summed E-state index contributed by atoms with van der Waals surface area (Å²) in [6, 6.07) is 6.60. The van der Waals surface area contributed by atoms with Crippen molar-refractivity contribution in [3.05, 3.63) is 29.3 Å². The molecule has 0 bridgehead atoms. The van der Waals surface area contributed by atoms with E-state index < -0.39 is 0 Å². The number of nitrogens with two attached hydrogens (primary N) is 1. The number of rotatable bonds is 4. The van der Waals surface area contributed by atoms with Crippen molar-refractivity contribution in [1.82, 2.24) is 5.32 Å². The number of nitrogen functional groups attached to an aromatic ring is 1. The molecule has 0 heterocycles.